The third kappa shape index (κ3) is 5.47. The predicted molar refractivity (Wildman–Crippen MR) is 161 cm³/mol. The molecule has 0 aliphatic carbocycles. The number of benzene rings is 3. The Morgan fingerprint density at radius 1 is 1.00 bits per heavy atom. The Labute approximate surface area is 242 Å². The standard InChI is InChI=1S/C33H32N2O5S/c1-6-40-32(37)28-29(23-10-8-7-9-11-23)34-33-35(30(28)24-16-17-25(38-4)26(19-24)39-5)31(36)27(41-33)18-21-12-14-22(15-13-21)20(2)3/h7-20,30H,6H2,1-5H3/b27-18-. The van der Waals surface area contributed by atoms with Gasteiger partial charge >= 0.3 is 5.97 Å². The van der Waals surface area contributed by atoms with Gasteiger partial charge in [-0.2, -0.15) is 0 Å². The Balaban J connectivity index is 1.80. The number of aromatic nitrogens is 1. The molecule has 210 valence electrons. The van der Waals surface area contributed by atoms with Crippen LogP contribution in [0, 0.1) is 0 Å². The SMILES string of the molecule is CCOC(=O)C1=C(c2ccccc2)N=c2s/c(=C\c3ccc(C(C)C)cc3)c(=O)n2C1c1ccc(OC)c(OC)c1. The number of thiazole rings is 1. The maximum absolute atomic E-state index is 14.1. The summed E-state index contributed by atoms with van der Waals surface area (Å²) in [5.74, 6) is 0.902. The van der Waals surface area contributed by atoms with E-state index in [1.54, 1.807) is 37.8 Å². The second-order valence-corrected chi connectivity index (χ2v) is 10.9. The van der Waals surface area contributed by atoms with Gasteiger partial charge in [0, 0.05) is 5.56 Å². The fourth-order valence-electron chi connectivity index (χ4n) is 4.91. The predicted octanol–water partition coefficient (Wildman–Crippen LogP) is 5.08. The van der Waals surface area contributed by atoms with E-state index in [1.165, 1.54) is 16.9 Å². The quantitative estimate of drug-likeness (QED) is 0.277. The van der Waals surface area contributed by atoms with Crippen LogP contribution in [0.4, 0.5) is 0 Å². The summed E-state index contributed by atoms with van der Waals surface area (Å²) in [7, 11) is 3.11. The highest BCUT2D eigenvalue weighted by Crippen LogP contribution is 2.38. The Morgan fingerprint density at radius 2 is 1.71 bits per heavy atom. The van der Waals surface area contributed by atoms with Crippen LogP contribution < -0.4 is 24.4 Å². The fraction of sp³-hybridized carbons (Fsp3) is 0.242. The Morgan fingerprint density at radius 3 is 2.34 bits per heavy atom. The van der Waals surface area contributed by atoms with Crippen LogP contribution in [-0.4, -0.2) is 31.4 Å². The van der Waals surface area contributed by atoms with Crippen molar-refractivity contribution in [3.63, 3.8) is 0 Å². The monoisotopic (exact) mass is 568 g/mol. The van der Waals surface area contributed by atoms with Crippen LogP contribution >= 0.6 is 11.3 Å². The number of hydrogen-bond donors (Lipinski definition) is 0. The first-order chi connectivity index (χ1) is 19.9. The first-order valence-electron chi connectivity index (χ1n) is 13.5. The lowest BCUT2D eigenvalue weighted by molar-refractivity contribution is -0.138. The van der Waals surface area contributed by atoms with Crippen LogP contribution in [0.3, 0.4) is 0 Å². The van der Waals surface area contributed by atoms with Crippen molar-refractivity contribution in [2.45, 2.75) is 32.7 Å². The summed E-state index contributed by atoms with van der Waals surface area (Å²) in [5.41, 5.74) is 4.07. The number of carbonyl (C=O) groups excluding carboxylic acids is 1. The third-order valence-electron chi connectivity index (χ3n) is 7.00. The molecule has 7 nitrogen and oxygen atoms in total. The van der Waals surface area contributed by atoms with Gasteiger partial charge in [-0.05, 0) is 47.7 Å². The minimum Gasteiger partial charge on any atom is -0.493 e. The Kier molecular flexibility index (Phi) is 8.21. The Bertz CT molecular complexity index is 1780. The molecule has 0 N–H and O–H groups in total. The molecule has 8 heteroatoms. The zero-order valence-corrected chi connectivity index (χ0v) is 24.5. The summed E-state index contributed by atoms with van der Waals surface area (Å²) < 4.78 is 18.7. The van der Waals surface area contributed by atoms with Gasteiger partial charge < -0.3 is 14.2 Å². The first-order valence-corrected chi connectivity index (χ1v) is 14.3. The topological polar surface area (TPSA) is 79.1 Å². The molecule has 5 rings (SSSR count). The molecule has 1 unspecified atom stereocenters. The van der Waals surface area contributed by atoms with Crippen LogP contribution in [0.1, 0.15) is 55.0 Å². The molecular weight excluding hydrogens is 536 g/mol. The molecule has 1 aliphatic heterocycles. The second kappa shape index (κ2) is 12.0. The van der Waals surface area contributed by atoms with Gasteiger partial charge in [-0.1, -0.05) is 85.8 Å². The molecule has 1 aliphatic rings. The lowest BCUT2D eigenvalue weighted by atomic mass is 9.93. The molecule has 4 aromatic rings. The molecule has 0 amide bonds. The van der Waals surface area contributed by atoms with E-state index in [2.05, 4.69) is 26.0 Å². The van der Waals surface area contributed by atoms with E-state index in [4.69, 9.17) is 19.2 Å². The molecule has 0 fully saturated rings. The van der Waals surface area contributed by atoms with Crippen molar-refractivity contribution in [1.82, 2.24) is 4.57 Å². The summed E-state index contributed by atoms with van der Waals surface area (Å²) in [6.45, 7) is 6.23. The molecule has 1 atom stereocenters. The molecule has 0 spiro atoms. The molecule has 3 aromatic carbocycles. The van der Waals surface area contributed by atoms with E-state index in [0.29, 0.717) is 38.0 Å². The molecule has 0 bridgehead atoms. The van der Waals surface area contributed by atoms with Crippen LogP contribution in [0.5, 0.6) is 11.5 Å². The van der Waals surface area contributed by atoms with Crippen molar-refractivity contribution >= 4 is 29.1 Å². The lowest BCUT2D eigenvalue weighted by Crippen LogP contribution is -2.40. The number of hydrogen-bond acceptors (Lipinski definition) is 7. The highest BCUT2D eigenvalue weighted by molar-refractivity contribution is 7.07. The molecule has 0 saturated carbocycles. The van der Waals surface area contributed by atoms with Crippen molar-refractivity contribution in [1.29, 1.82) is 0 Å². The molecule has 1 aromatic heterocycles. The number of esters is 1. The van der Waals surface area contributed by atoms with E-state index in [0.717, 1.165) is 11.1 Å². The number of rotatable bonds is 8. The zero-order chi connectivity index (χ0) is 29.1. The van der Waals surface area contributed by atoms with Gasteiger partial charge in [0.25, 0.3) is 5.56 Å². The summed E-state index contributed by atoms with van der Waals surface area (Å²) >= 11 is 1.29. The van der Waals surface area contributed by atoms with E-state index < -0.39 is 12.0 Å². The third-order valence-corrected chi connectivity index (χ3v) is 7.98. The minimum atomic E-state index is -0.800. The van der Waals surface area contributed by atoms with Crippen LogP contribution in [-0.2, 0) is 9.53 Å². The fourth-order valence-corrected chi connectivity index (χ4v) is 5.91. The minimum absolute atomic E-state index is 0.180. The van der Waals surface area contributed by atoms with Crippen molar-refractivity contribution in [2.24, 2.45) is 4.99 Å². The maximum Gasteiger partial charge on any atom is 0.338 e. The smallest absolute Gasteiger partial charge is 0.338 e. The molecule has 2 heterocycles. The number of fused-ring (bicyclic) bond motifs is 1. The summed E-state index contributed by atoms with van der Waals surface area (Å²) in [5, 5.41) is 0. The number of nitrogens with zero attached hydrogens (tertiary/aromatic N) is 2. The zero-order valence-electron chi connectivity index (χ0n) is 23.7. The van der Waals surface area contributed by atoms with Crippen LogP contribution in [0.25, 0.3) is 11.8 Å². The molecule has 0 saturated heterocycles. The highest BCUT2D eigenvalue weighted by atomic mass is 32.1. The van der Waals surface area contributed by atoms with Gasteiger partial charge in [0.1, 0.15) is 0 Å². The second-order valence-electron chi connectivity index (χ2n) is 9.87. The normalized spacial score (nSPS) is 15.0. The Hall–Kier alpha value is -4.43. The van der Waals surface area contributed by atoms with Gasteiger partial charge in [-0.3, -0.25) is 9.36 Å². The van der Waals surface area contributed by atoms with Crippen molar-refractivity contribution in [3.8, 4) is 11.5 Å². The maximum atomic E-state index is 14.1. The first kappa shape index (κ1) is 28.1. The summed E-state index contributed by atoms with van der Waals surface area (Å²) in [6, 6.07) is 22.3. The lowest BCUT2D eigenvalue weighted by Gasteiger charge is -2.26. The van der Waals surface area contributed by atoms with Crippen molar-refractivity contribution in [2.75, 3.05) is 20.8 Å². The van der Waals surface area contributed by atoms with Gasteiger partial charge in [-0.25, -0.2) is 9.79 Å². The van der Waals surface area contributed by atoms with Crippen molar-refractivity contribution < 1.29 is 19.0 Å². The number of ether oxygens (including phenoxy) is 3. The number of carbonyl (C=O) groups is 1. The summed E-state index contributed by atoms with van der Waals surface area (Å²) in [4.78, 5) is 33.1. The molecule has 41 heavy (non-hydrogen) atoms. The molecule has 0 radical (unpaired) electrons. The highest BCUT2D eigenvalue weighted by Gasteiger charge is 2.35. The van der Waals surface area contributed by atoms with Gasteiger partial charge in [0.15, 0.2) is 16.3 Å². The van der Waals surface area contributed by atoms with E-state index in [1.807, 2.05) is 54.6 Å². The average Bonchev–Trinajstić information content (AvgIpc) is 3.30. The van der Waals surface area contributed by atoms with Gasteiger partial charge in [0.2, 0.25) is 0 Å². The largest absolute Gasteiger partial charge is 0.493 e. The van der Waals surface area contributed by atoms with Crippen LogP contribution in [0.2, 0.25) is 0 Å². The van der Waals surface area contributed by atoms with Gasteiger partial charge in [0.05, 0.1) is 42.7 Å². The summed E-state index contributed by atoms with van der Waals surface area (Å²) in [6.07, 6.45) is 1.87. The molecular formula is C33H32N2O5S. The van der Waals surface area contributed by atoms with Crippen molar-refractivity contribution in [3.05, 3.63) is 120 Å². The van der Waals surface area contributed by atoms with E-state index in [9.17, 15) is 9.59 Å². The van der Waals surface area contributed by atoms with Crippen LogP contribution in [0.15, 0.2) is 88.2 Å². The van der Waals surface area contributed by atoms with Gasteiger partial charge in [-0.15, -0.1) is 0 Å². The average molecular weight is 569 g/mol. The van der Waals surface area contributed by atoms with E-state index in [-0.39, 0.29) is 17.7 Å². The number of methoxy groups -OCH3 is 2. The van der Waals surface area contributed by atoms with E-state index >= 15 is 0 Å².